The molecule has 0 atom stereocenters. The van der Waals surface area contributed by atoms with Crippen LogP contribution >= 0.6 is 11.6 Å². The molecule has 0 aliphatic heterocycles. The van der Waals surface area contributed by atoms with Crippen LogP contribution in [-0.4, -0.2) is 21.9 Å². The van der Waals surface area contributed by atoms with Crippen LogP contribution in [0.3, 0.4) is 0 Å². The molecule has 6 heteroatoms. The molecule has 0 saturated heterocycles. The summed E-state index contributed by atoms with van der Waals surface area (Å²) < 4.78 is 0. The standard InChI is InChI=1S/C18H21ClN4O/c1-12-9-13(19)7-8-15(12)23-17-11-20-16(10-21-17)18(24)22-14-5-3-2-4-6-14/h7-11,14H,2-6H2,1H3,(H,21,23)(H,22,24). The summed E-state index contributed by atoms with van der Waals surface area (Å²) in [6.45, 7) is 1.97. The molecular formula is C18H21ClN4O. The Bertz CT molecular complexity index is 711. The highest BCUT2D eigenvalue weighted by Crippen LogP contribution is 2.22. The Labute approximate surface area is 146 Å². The van der Waals surface area contributed by atoms with Gasteiger partial charge in [0.1, 0.15) is 11.5 Å². The lowest BCUT2D eigenvalue weighted by Crippen LogP contribution is -2.36. The Hall–Kier alpha value is -2.14. The molecule has 0 radical (unpaired) electrons. The first-order valence-corrected chi connectivity index (χ1v) is 8.66. The minimum Gasteiger partial charge on any atom is -0.348 e. The molecule has 0 unspecified atom stereocenters. The number of aromatic nitrogens is 2. The van der Waals surface area contributed by atoms with Crippen LogP contribution < -0.4 is 10.6 Å². The van der Waals surface area contributed by atoms with Crippen molar-refractivity contribution >= 4 is 29.0 Å². The molecule has 1 aromatic heterocycles. The number of carbonyl (C=O) groups is 1. The van der Waals surface area contributed by atoms with E-state index in [-0.39, 0.29) is 11.9 Å². The van der Waals surface area contributed by atoms with E-state index in [0.717, 1.165) is 24.1 Å². The van der Waals surface area contributed by atoms with E-state index in [2.05, 4.69) is 20.6 Å². The summed E-state index contributed by atoms with van der Waals surface area (Å²) in [6, 6.07) is 5.85. The van der Waals surface area contributed by atoms with Gasteiger partial charge in [-0.25, -0.2) is 9.97 Å². The molecule has 0 bridgehead atoms. The highest BCUT2D eigenvalue weighted by molar-refractivity contribution is 6.30. The zero-order chi connectivity index (χ0) is 16.9. The average Bonchev–Trinajstić information content (AvgIpc) is 2.59. The monoisotopic (exact) mass is 344 g/mol. The minimum absolute atomic E-state index is 0.149. The third kappa shape index (κ3) is 4.23. The topological polar surface area (TPSA) is 66.9 Å². The number of aryl methyl sites for hydroxylation is 1. The molecule has 0 spiro atoms. The second kappa shape index (κ2) is 7.62. The van der Waals surface area contributed by atoms with Crippen LogP contribution in [0.1, 0.15) is 48.2 Å². The van der Waals surface area contributed by atoms with Gasteiger partial charge < -0.3 is 10.6 Å². The van der Waals surface area contributed by atoms with Gasteiger partial charge in [-0.05, 0) is 43.5 Å². The Morgan fingerprint density at radius 2 is 1.96 bits per heavy atom. The largest absolute Gasteiger partial charge is 0.348 e. The molecule has 2 aromatic rings. The lowest BCUT2D eigenvalue weighted by Gasteiger charge is -2.22. The predicted octanol–water partition coefficient (Wildman–Crippen LogP) is 4.24. The molecule has 3 rings (SSSR count). The van der Waals surface area contributed by atoms with Crippen LogP contribution in [0.4, 0.5) is 11.5 Å². The van der Waals surface area contributed by atoms with Gasteiger partial charge in [0, 0.05) is 16.8 Å². The average molecular weight is 345 g/mol. The van der Waals surface area contributed by atoms with E-state index in [9.17, 15) is 4.79 Å². The maximum absolute atomic E-state index is 12.2. The van der Waals surface area contributed by atoms with Gasteiger partial charge in [0.05, 0.1) is 12.4 Å². The summed E-state index contributed by atoms with van der Waals surface area (Å²) in [5.74, 6) is 0.443. The number of benzene rings is 1. The van der Waals surface area contributed by atoms with E-state index in [4.69, 9.17) is 11.6 Å². The molecule has 1 aliphatic rings. The number of anilines is 2. The predicted molar refractivity (Wildman–Crippen MR) is 95.8 cm³/mol. The second-order valence-electron chi connectivity index (χ2n) is 6.18. The van der Waals surface area contributed by atoms with E-state index < -0.39 is 0 Å². The molecular weight excluding hydrogens is 324 g/mol. The van der Waals surface area contributed by atoms with Crippen LogP contribution in [0.2, 0.25) is 5.02 Å². The number of nitrogens with zero attached hydrogens (tertiary/aromatic N) is 2. The van der Waals surface area contributed by atoms with Crippen LogP contribution in [0.15, 0.2) is 30.6 Å². The first kappa shape index (κ1) is 16.7. The van der Waals surface area contributed by atoms with Gasteiger partial charge in [-0.3, -0.25) is 4.79 Å². The highest BCUT2D eigenvalue weighted by atomic mass is 35.5. The second-order valence-corrected chi connectivity index (χ2v) is 6.62. The fraction of sp³-hybridized carbons (Fsp3) is 0.389. The number of hydrogen-bond donors (Lipinski definition) is 2. The fourth-order valence-corrected chi connectivity index (χ4v) is 3.15. The van der Waals surface area contributed by atoms with E-state index in [1.165, 1.54) is 25.5 Å². The number of hydrogen-bond acceptors (Lipinski definition) is 4. The van der Waals surface area contributed by atoms with Gasteiger partial charge in [-0.15, -0.1) is 0 Å². The molecule has 5 nitrogen and oxygen atoms in total. The van der Waals surface area contributed by atoms with Crippen molar-refractivity contribution in [2.75, 3.05) is 5.32 Å². The third-order valence-electron chi connectivity index (χ3n) is 4.28. The molecule has 24 heavy (non-hydrogen) atoms. The molecule has 1 aromatic carbocycles. The summed E-state index contributed by atoms with van der Waals surface area (Å²) in [6.07, 6.45) is 8.80. The zero-order valence-corrected chi connectivity index (χ0v) is 14.4. The normalized spacial score (nSPS) is 15.1. The molecule has 1 heterocycles. The van der Waals surface area contributed by atoms with Crippen molar-refractivity contribution in [1.29, 1.82) is 0 Å². The smallest absolute Gasteiger partial charge is 0.271 e. The molecule has 1 aliphatic carbocycles. The van der Waals surface area contributed by atoms with E-state index >= 15 is 0 Å². The van der Waals surface area contributed by atoms with Crippen molar-refractivity contribution in [3.63, 3.8) is 0 Å². The SMILES string of the molecule is Cc1cc(Cl)ccc1Nc1cnc(C(=O)NC2CCCCC2)cn1. The van der Waals surface area contributed by atoms with Gasteiger partial charge in [0.25, 0.3) is 5.91 Å². The molecule has 1 fully saturated rings. The first-order valence-electron chi connectivity index (χ1n) is 8.28. The maximum atomic E-state index is 12.2. The molecule has 1 amide bonds. The summed E-state index contributed by atoms with van der Waals surface area (Å²) in [7, 11) is 0. The Balaban J connectivity index is 1.63. The van der Waals surface area contributed by atoms with Crippen LogP contribution in [-0.2, 0) is 0 Å². The van der Waals surface area contributed by atoms with Crippen molar-refractivity contribution in [1.82, 2.24) is 15.3 Å². The Morgan fingerprint density at radius 1 is 1.17 bits per heavy atom. The minimum atomic E-state index is -0.149. The zero-order valence-electron chi connectivity index (χ0n) is 13.7. The number of halogens is 1. The van der Waals surface area contributed by atoms with Gasteiger partial charge in [0.2, 0.25) is 0 Å². The van der Waals surface area contributed by atoms with Gasteiger partial charge in [-0.1, -0.05) is 30.9 Å². The van der Waals surface area contributed by atoms with Gasteiger partial charge in [-0.2, -0.15) is 0 Å². The third-order valence-corrected chi connectivity index (χ3v) is 4.51. The Morgan fingerprint density at radius 3 is 2.62 bits per heavy atom. The van der Waals surface area contributed by atoms with E-state index in [1.54, 1.807) is 6.20 Å². The summed E-state index contributed by atoms with van der Waals surface area (Å²) in [5, 5.41) is 6.92. The van der Waals surface area contributed by atoms with Crippen LogP contribution in [0.5, 0.6) is 0 Å². The Kier molecular flexibility index (Phi) is 5.30. The highest BCUT2D eigenvalue weighted by Gasteiger charge is 2.17. The van der Waals surface area contributed by atoms with Crippen molar-refractivity contribution in [2.24, 2.45) is 0 Å². The lowest BCUT2D eigenvalue weighted by atomic mass is 9.95. The van der Waals surface area contributed by atoms with Crippen molar-refractivity contribution in [3.05, 3.63) is 46.9 Å². The van der Waals surface area contributed by atoms with Gasteiger partial charge in [0.15, 0.2) is 0 Å². The van der Waals surface area contributed by atoms with E-state index in [0.29, 0.717) is 16.5 Å². The molecule has 126 valence electrons. The molecule has 1 saturated carbocycles. The summed E-state index contributed by atoms with van der Waals surface area (Å²) >= 11 is 5.96. The number of carbonyl (C=O) groups excluding carboxylic acids is 1. The van der Waals surface area contributed by atoms with E-state index in [1.807, 2.05) is 25.1 Å². The lowest BCUT2D eigenvalue weighted by molar-refractivity contribution is 0.0922. The molecule has 2 N–H and O–H groups in total. The van der Waals surface area contributed by atoms with Crippen LogP contribution in [0, 0.1) is 6.92 Å². The first-order chi connectivity index (χ1) is 11.6. The van der Waals surface area contributed by atoms with Gasteiger partial charge >= 0.3 is 0 Å². The van der Waals surface area contributed by atoms with Crippen molar-refractivity contribution < 1.29 is 4.79 Å². The fourth-order valence-electron chi connectivity index (χ4n) is 2.92. The van der Waals surface area contributed by atoms with Crippen LogP contribution in [0.25, 0.3) is 0 Å². The number of nitrogens with one attached hydrogen (secondary N) is 2. The number of amides is 1. The number of rotatable bonds is 4. The maximum Gasteiger partial charge on any atom is 0.271 e. The van der Waals surface area contributed by atoms with Crippen molar-refractivity contribution in [3.8, 4) is 0 Å². The summed E-state index contributed by atoms with van der Waals surface area (Å²) in [5.41, 5.74) is 2.27. The summed E-state index contributed by atoms with van der Waals surface area (Å²) in [4.78, 5) is 20.7. The quantitative estimate of drug-likeness (QED) is 0.870. The van der Waals surface area contributed by atoms with Crippen molar-refractivity contribution in [2.45, 2.75) is 45.1 Å².